The molecule has 2 aliphatic rings. The molecular formula is C14H22N4O2. The van der Waals surface area contributed by atoms with E-state index in [9.17, 15) is 4.79 Å². The van der Waals surface area contributed by atoms with Crippen molar-refractivity contribution in [2.24, 2.45) is 5.41 Å². The Balaban J connectivity index is 1.84. The molecule has 0 bridgehead atoms. The third-order valence-corrected chi connectivity index (χ3v) is 4.92. The standard InChI is InChI=1S/C14H22N4O2/c1-3-17-10-15-16-13(17)11-7-18(12(19)8-20-2)9-14(11)5-4-6-14/h10-11H,3-9H2,1-2H3. The molecule has 1 aromatic heterocycles. The number of likely N-dealkylation sites (tertiary alicyclic amines) is 1. The number of hydrogen-bond acceptors (Lipinski definition) is 4. The Kier molecular flexibility index (Phi) is 3.50. The number of methoxy groups -OCH3 is 1. The Bertz CT molecular complexity index is 495. The molecule has 0 N–H and O–H groups in total. The molecule has 1 saturated carbocycles. The van der Waals surface area contributed by atoms with E-state index in [0.29, 0.717) is 5.92 Å². The van der Waals surface area contributed by atoms with Gasteiger partial charge in [-0.2, -0.15) is 0 Å². The van der Waals surface area contributed by atoms with E-state index in [1.807, 2.05) is 4.90 Å². The largest absolute Gasteiger partial charge is 0.375 e. The van der Waals surface area contributed by atoms with Gasteiger partial charge in [0.25, 0.3) is 0 Å². The molecule has 1 aromatic rings. The van der Waals surface area contributed by atoms with Crippen LogP contribution in [0.3, 0.4) is 0 Å². The van der Waals surface area contributed by atoms with Crippen molar-refractivity contribution < 1.29 is 9.53 Å². The van der Waals surface area contributed by atoms with Crippen LogP contribution in [0.15, 0.2) is 6.33 Å². The average molecular weight is 278 g/mol. The number of ether oxygens (including phenoxy) is 1. The third-order valence-electron chi connectivity index (χ3n) is 4.92. The van der Waals surface area contributed by atoms with Crippen molar-refractivity contribution in [3.8, 4) is 0 Å². The lowest BCUT2D eigenvalue weighted by Crippen LogP contribution is -2.39. The van der Waals surface area contributed by atoms with Crippen molar-refractivity contribution in [2.45, 2.75) is 38.6 Å². The Morgan fingerprint density at radius 1 is 1.55 bits per heavy atom. The lowest BCUT2D eigenvalue weighted by Gasteiger charge is -2.42. The van der Waals surface area contributed by atoms with Crippen molar-refractivity contribution in [1.29, 1.82) is 0 Å². The van der Waals surface area contributed by atoms with Gasteiger partial charge in [0.2, 0.25) is 5.91 Å². The maximum atomic E-state index is 12.1. The number of amides is 1. The zero-order valence-electron chi connectivity index (χ0n) is 12.2. The first-order valence-electron chi connectivity index (χ1n) is 7.34. The van der Waals surface area contributed by atoms with E-state index in [1.54, 1.807) is 13.4 Å². The Labute approximate surface area is 119 Å². The first-order chi connectivity index (χ1) is 9.70. The third kappa shape index (κ3) is 2.02. The normalized spacial score (nSPS) is 24.1. The van der Waals surface area contributed by atoms with Crippen molar-refractivity contribution in [3.63, 3.8) is 0 Å². The quantitative estimate of drug-likeness (QED) is 0.825. The van der Waals surface area contributed by atoms with E-state index in [4.69, 9.17) is 4.74 Å². The second-order valence-electron chi connectivity index (χ2n) is 5.95. The molecule has 20 heavy (non-hydrogen) atoms. The highest BCUT2D eigenvalue weighted by molar-refractivity contribution is 5.78. The van der Waals surface area contributed by atoms with Gasteiger partial charge in [0.15, 0.2) is 0 Å². The van der Waals surface area contributed by atoms with Gasteiger partial charge in [-0.1, -0.05) is 6.42 Å². The molecule has 1 saturated heterocycles. The summed E-state index contributed by atoms with van der Waals surface area (Å²) in [4.78, 5) is 14.0. The van der Waals surface area contributed by atoms with Crippen LogP contribution in [0.1, 0.15) is 37.9 Å². The summed E-state index contributed by atoms with van der Waals surface area (Å²) in [6.45, 7) is 4.74. The van der Waals surface area contributed by atoms with Gasteiger partial charge in [-0.05, 0) is 25.2 Å². The molecule has 3 rings (SSSR count). The summed E-state index contributed by atoms with van der Waals surface area (Å²) in [5.41, 5.74) is 0.226. The number of nitrogens with zero attached hydrogens (tertiary/aromatic N) is 4. The van der Waals surface area contributed by atoms with E-state index < -0.39 is 0 Å². The Hall–Kier alpha value is -1.43. The molecule has 2 fully saturated rings. The van der Waals surface area contributed by atoms with Gasteiger partial charge in [-0.25, -0.2) is 0 Å². The molecule has 1 unspecified atom stereocenters. The highest BCUT2D eigenvalue weighted by atomic mass is 16.5. The summed E-state index contributed by atoms with van der Waals surface area (Å²) < 4.78 is 7.09. The fourth-order valence-corrected chi connectivity index (χ4v) is 3.64. The van der Waals surface area contributed by atoms with Gasteiger partial charge < -0.3 is 14.2 Å². The molecule has 1 atom stereocenters. The van der Waals surface area contributed by atoms with Gasteiger partial charge >= 0.3 is 0 Å². The minimum Gasteiger partial charge on any atom is -0.375 e. The van der Waals surface area contributed by atoms with Crippen LogP contribution in [0.4, 0.5) is 0 Å². The summed E-state index contributed by atoms with van der Waals surface area (Å²) in [6, 6.07) is 0. The molecular weight excluding hydrogens is 256 g/mol. The van der Waals surface area contributed by atoms with Crippen LogP contribution < -0.4 is 0 Å². The summed E-state index contributed by atoms with van der Waals surface area (Å²) in [5.74, 6) is 1.45. The summed E-state index contributed by atoms with van der Waals surface area (Å²) in [6.07, 6.45) is 5.42. The minimum atomic E-state index is 0.0869. The summed E-state index contributed by atoms with van der Waals surface area (Å²) >= 11 is 0. The Morgan fingerprint density at radius 2 is 2.35 bits per heavy atom. The first-order valence-corrected chi connectivity index (χ1v) is 7.34. The number of carbonyl (C=O) groups excluding carboxylic acids is 1. The number of aromatic nitrogens is 3. The SMILES string of the molecule is CCn1cnnc1C1CN(C(=O)COC)CC12CCC2. The van der Waals surface area contributed by atoms with Gasteiger partial charge in [0.1, 0.15) is 18.8 Å². The second kappa shape index (κ2) is 5.16. The summed E-state index contributed by atoms with van der Waals surface area (Å²) in [5, 5.41) is 8.38. The number of aryl methyl sites for hydroxylation is 1. The smallest absolute Gasteiger partial charge is 0.248 e. The van der Waals surface area contributed by atoms with Crippen molar-refractivity contribution in [3.05, 3.63) is 12.2 Å². The molecule has 1 amide bonds. The number of hydrogen-bond donors (Lipinski definition) is 0. The maximum Gasteiger partial charge on any atom is 0.248 e. The first kappa shape index (κ1) is 13.5. The molecule has 6 heteroatoms. The Morgan fingerprint density at radius 3 is 2.95 bits per heavy atom. The van der Waals surface area contributed by atoms with E-state index >= 15 is 0 Å². The molecule has 1 aliphatic heterocycles. The molecule has 0 radical (unpaired) electrons. The van der Waals surface area contributed by atoms with Crippen molar-refractivity contribution in [2.75, 3.05) is 26.8 Å². The second-order valence-corrected chi connectivity index (χ2v) is 5.95. The zero-order valence-corrected chi connectivity index (χ0v) is 12.2. The predicted octanol–water partition coefficient (Wildman–Crippen LogP) is 1.04. The van der Waals surface area contributed by atoms with Crippen LogP contribution in [0, 0.1) is 5.41 Å². The van der Waals surface area contributed by atoms with Crippen LogP contribution in [0.2, 0.25) is 0 Å². The maximum absolute atomic E-state index is 12.1. The summed E-state index contributed by atoms with van der Waals surface area (Å²) in [7, 11) is 1.57. The zero-order chi connectivity index (χ0) is 14.2. The topological polar surface area (TPSA) is 60.2 Å². The fraction of sp³-hybridized carbons (Fsp3) is 0.786. The van der Waals surface area contributed by atoms with E-state index in [0.717, 1.165) is 25.5 Å². The molecule has 1 spiro atoms. The van der Waals surface area contributed by atoms with E-state index in [-0.39, 0.29) is 17.9 Å². The van der Waals surface area contributed by atoms with Crippen LogP contribution in [0.25, 0.3) is 0 Å². The fourth-order valence-electron chi connectivity index (χ4n) is 3.64. The van der Waals surface area contributed by atoms with Gasteiger partial charge in [-0.3, -0.25) is 4.79 Å². The van der Waals surface area contributed by atoms with Gasteiger partial charge in [-0.15, -0.1) is 10.2 Å². The van der Waals surface area contributed by atoms with E-state index in [2.05, 4.69) is 21.7 Å². The lowest BCUT2D eigenvalue weighted by molar-refractivity contribution is -0.134. The molecule has 6 nitrogen and oxygen atoms in total. The molecule has 0 aromatic carbocycles. The lowest BCUT2D eigenvalue weighted by atomic mass is 9.62. The van der Waals surface area contributed by atoms with E-state index in [1.165, 1.54) is 19.3 Å². The number of carbonyl (C=O) groups is 1. The van der Waals surface area contributed by atoms with Gasteiger partial charge in [0.05, 0.1) is 0 Å². The van der Waals surface area contributed by atoms with Crippen LogP contribution in [-0.2, 0) is 16.1 Å². The van der Waals surface area contributed by atoms with Crippen LogP contribution >= 0.6 is 0 Å². The van der Waals surface area contributed by atoms with Crippen LogP contribution in [-0.4, -0.2) is 52.4 Å². The molecule has 1 aliphatic carbocycles. The average Bonchev–Trinajstić information content (AvgIpc) is 3.01. The number of rotatable bonds is 4. The van der Waals surface area contributed by atoms with Crippen molar-refractivity contribution in [1.82, 2.24) is 19.7 Å². The molecule has 2 heterocycles. The minimum absolute atomic E-state index is 0.0869. The highest BCUT2D eigenvalue weighted by Crippen LogP contribution is 2.55. The monoisotopic (exact) mass is 278 g/mol. The molecule has 110 valence electrons. The van der Waals surface area contributed by atoms with Crippen LogP contribution in [0.5, 0.6) is 0 Å². The van der Waals surface area contributed by atoms with Crippen molar-refractivity contribution >= 4 is 5.91 Å². The predicted molar refractivity (Wildman–Crippen MR) is 73.2 cm³/mol. The highest BCUT2D eigenvalue weighted by Gasteiger charge is 2.53. The van der Waals surface area contributed by atoms with Gasteiger partial charge in [0, 0.05) is 32.7 Å².